The molecule has 1 heterocycles. The molecule has 2 fully saturated rings. The van der Waals surface area contributed by atoms with Crippen LogP contribution < -0.4 is 0 Å². The standard InChI is InChI=1S/C15H20O/c1-11(2)12-8-9-15(14(10-12)16-15)13-6-4-3-5-7-13/h3-7,11-12,14H,8-10H2,1-2H3/t12-,14-,15-/m1/s1. The molecule has 1 saturated heterocycles. The quantitative estimate of drug-likeness (QED) is 0.686. The van der Waals surface area contributed by atoms with E-state index in [1.54, 1.807) is 0 Å². The Labute approximate surface area is 97.8 Å². The van der Waals surface area contributed by atoms with Crippen LogP contribution in [0, 0.1) is 11.8 Å². The van der Waals surface area contributed by atoms with Crippen molar-refractivity contribution in [3.05, 3.63) is 35.9 Å². The van der Waals surface area contributed by atoms with Gasteiger partial charge >= 0.3 is 0 Å². The minimum Gasteiger partial charge on any atom is -0.361 e. The van der Waals surface area contributed by atoms with Gasteiger partial charge in [-0.05, 0) is 36.7 Å². The zero-order valence-corrected chi connectivity index (χ0v) is 10.1. The third-order valence-corrected chi connectivity index (χ3v) is 4.42. The van der Waals surface area contributed by atoms with Gasteiger partial charge in [-0.2, -0.15) is 0 Å². The van der Waals surface area contributed by atoms with Crippen LogP contribution in [0.5, 0.6) is 0 Å². The molecule has 86 valence electrons. The molecule has 1 aromatic rings. The summed E-state index contributed by atoms with van der Waals surface area (Å²) in [6.07, 6.45) is 4.29. The average molecular weight is 216 g/mol. The van der Waals surface area contributed by atoms with Crippen LogP contribution in [0.15, 0.2) is 30.3 Å². The lowest BCUT2D eigenvalue weighted by Crippen LogP contribution is -2.25. The van der Waals surface area contributed by atoms with E-state index >= 15 is 0 Å². The van der Waals surface area contributed by atoms with Gasteiger partial charge in [0.25, 0.3) is 0 Å². The number of benzene rings is 1. The Kier molecular flexibility index (Phi) is 2.32. The van der Waals surface area contributed by atoms with Crippen LogP contribution >= 0.6 is 0 Å². The number of hydrogen-bond acceptors (Lipinski definition) is 1. The smallest absolute Gasteiger partial charge is 0.120 e. The van der Waals surface area contributed by atoms with Gasteiger partial charge in [-0.25, -0.2) is 0 Å². The molecule has 3 atom stereocenters. The van der Waals surface area contributed by atoms with Crippen molar-refractivity contribution in [3.63, 3.8) is 0 Å². The molecule has 0 bridgehead atoms. The number of fused-ring (bicyclic) bond motifs is 1. The predicted molar refractivity (Wildman–Crippen MR) is 65.2 cm³/mol. The second kappa shape index (κ2) is 3.59. The highest BCUT2D eigenvalue weighted by Crippen LogP contribution is 2.57. The lowest BCUT2D eigenvalue weighted by atomic mass is 9.75. The molecule has 3 rings (SSSR count). The highest BCUT2D eigenvalue weighted by Gasteiger charge is 2.60. The number of epoxide rings is 1. The van der Waals surface area contributed by atoms with Crippen LogP contribution in [-0.4, -0.2) is 6.10 Å². The van der Waals surface area contributed by atoms with Crippen LogP contribution in [0.1, 0.15) is 38.7 Å². The predicted octanol–water partition coefficient (Wildman–Crippen LogP) is 3.74. The van der Waals surface area contributed by atoms with E-state index in [0.29, 0.717) is 6.10 Å². The molecule has 0 aromatic heterocycles. The van der Waals surface area contributed by atoms with Gasteiger partial charge in [0.15, 0.2) is 0 Å². The minimum atomic E-state index is 0.104. The van der Waals surface area contributed by atoms with Crippen LogP contribution in [-0.2, 0) is 10.3 Å². The van der Waals surface area contributed by atoms with Crippen LogP contribution in [0.4, 0.5) is 0 Å². The summed E-state index contributed by atoms with van der Waals surface area (Å²) in [5, 5.41) is 0. The third kappa shape index (κ3) is 1.49. The van der Waals surface area contributed by atoms with E-state index in [0.717, 1.165) is 11.8 Å². The monoisotopic (exact) mass is 216 g/mol. The van der Waals surface area contributed by atoms with E-state index in [-0.39, 0.29) is 5.60 Å². The van der Waals surface area contributed by atoms with Gasteiger partial charge in [0.2, 0.25) is 0 Å². The SMILES string of the molecule is CC(C)[C@@H]1CC[C@]2(c3ccccc3)O[C@@H]2C1. The van der Waals surface area contributed by atoms with E-state index in [1.165, 1.54) is 24.8 Å². The Morgan fingerprint density at radius 3 is 2.62 bits per heavy atom. The molecule has 0 radical (unpaired) electrons. The fourth-order valence-corrected chi connectivity index (χ4v) is 3.19. The maximum absolute atomic E-state index is 6.03. The zero-order valence-electron chi connectivity index (χ0n) is 10.1. The Morgan fingerprint density at radius 2 is 2.00 bits per heavy atom. The Morgan fingerprint density at radius 1 is 1.25 bits per heavy atom. The molecule has 1 aromatic carbocycles. The highest BCUT2D eigenvalue weighted by atomic mass is 16.6. The topological polar surface area (TPSA) is 12.5 Å². The molecule has 0 amide bonds. The first kappa shape index (κ1) is 10.3. The molecule has 2 aliphatic rings. The first-order chi connectivity index (χ1) is 7.72. The molecule has 1 nitrogen and oxygen atoms in total. The molecule has 1 aliphatic heterocycles. The van der Waals surface area contributed by atoms with E-state index < -0.39 is 0 Å². The van der Waals surface area contributed by atoms with Crippen molar-refractivity contribution in [1.82, 2.24) is 0 Å². The molecular formula is C15H20O. The maximum Gasteiger partial charge on any atom is 0.120 e. The van der Waals surface area contributed by atoms with Gasteiger partial charge in [-0.3, -0.25) is 0 Å². The van der Waals surface area contributed by atoms with Crippen molar-refractivity contribution < 1.29 is 4.74 Å². The maximum atomic E-state index is 6.03. The summed E-state index contributed by atoms with van der Waals surface area (Å²) in [5.41, 5.74) is 1.49. The van der Waals surface area contributed by atoms with Crippen molar-refractivity contribution in [2.45, 2.75) is 44.8 Å². The van der Waals surface area contributed by atoms with Crippen molar-refractivity contribution in [3.8, 4) is 0 Å². The van der Waals surface area contributed by atoms with Crippen molar-refractivity contribution in [2.24, 2.45) is 11.8 Å². The summed E-state index contributed by atoms with van der Waals surface area (Å²) in [7, 11) is 0. The van der Waals surface area contributed by atoms with Crippen molar-refractivity contribution in [1.29, 1.82) is 0 Å². The summed E-state index contributed by atoms with van der Waals surface area (Å²) >= 11 is 0. The van der Waals surface area contributed by atoms with Crippen molar-refractivity contribution >= 4 is 0 Å². The van der Waals surface area contributed by atoms with Crippen molar-refractivity contribution in [2.75, 3.05) is 0 Å². The summed E-state index contributed by atoms with van der Waals surface area (Å²) in [6, 6.07) is 10.8. The van der Waals surface area contributed by atoms with Gasteiger partial charge in [0, 0.05) is 0 Å². The van der Waals surface area contributed by atoms with E-state index in [4.69, 9.17) is 4.74 Å². The van der Waals surface area contributed by atoms with Crippen LogP contribution in [0.3, 0.4) is 0 Å². The molecule has 1 saturated carbocycles. The Balaban J connectivity index is 1.77. The number of rotatable bonds is 2. The zero-order chi connectivity index (χ0) is 11.2. The number of hydrogen-bond donors (Lipinski definition) is 0. The molecular weight excluding hydrogens is 196 g/mol. The van der Waals surface area contributed by atoms with Gasteiger partial charge in [-0.1, -0.05) is 44.2 Å². The summed E-state index contributed by atoms with van der Waals surface area (Å²) in [5.74, 6) is 1.67. The molecule has 0 spiro atoms. The van der Waals surface area contributed by atoms with Crippen LogP contribution in [0.25, 0.3) is 0 Å². The Hall–Kier alpha value is -0.820. The first-order valence-electron chi connectivity index (χ1n) is 6.46. The van der Waals surface area contributed by atoms with E-state index in [9.17, 15) is 0 Å². The highest BCUT2D eigenvalue weighted by molar-refractivity contribution is 5.30. The van der Waals surface area contributed by atoms with E-state index in [2.05, 4.69) is 44.2 Å². The second-order valence-electron chi connectivity index (χ2n) is 5.64. The fraction of sp³-hybridized carbons (Fsp3) is 0.600. The van der Waals surface area contributed by atoms with Gasteiger partial charge < -0.3 is 4.74 Å². The second-order valence-corrected chi connectivity index (χ2v) is 5.64. The average Bonchev–Trinajstić information content (AvgIpc) is 3.04. The lowest BCUT2D eigenvalue weighted by Gasteiger charge is -2.27. The molecule has 0 N–H and O–H groups in total. The first-order valence-corrected chi connectivity index (χ1v) is 6.46. The summed E-state index contributed by atoms with van der Waals surface area (Å²) < 4.78 is 6.03. The third-order valence-electron chi connectivity index (χ3n) is 4.42. The van der Waals surface area contributed by atoms with Gasteiger partial charge in [0.1, 0.15) is 5.60 Å². The largest absolute Gasteiger partial charge is 0.361 e. The summed E-state index contributed by atoms with van der Waals surface area (Å²) in [4.78, 5) is 0. The van der Waals surface area contributed by atoms with E-state index in [1.807, 2.05) is 0 Å². The molecule has 1 heteroatoms. The molecule has 1 aliphatic carbocycles. The normalized spacial score (nSPS) is 37.2. The van der Waals surface area contributed by atoms with Crippen LogP contribution in [0.2, 0.25) is 0 Å². The fourth-order valence-electron chi connectivity index (χ4n) is 3.19. The lowest BCUT2D eigenvalue weighted by molar-refractivity contribution is 0.264. The number of ether oxygens (including phenoxy) is 1. The molecule has 0 unspecified atom stereocenters. The summed E-state index contributed by atoms with van der Waals surface area (Å²) in [6.45, 7) is 4.67. The van der Waals surface area contributed by atoms with Gasteiger partial charge in [-0.15, -0.1) is 0 Å². The van der Waals surface area contributed by atoms with Gasteiger partial charge in [0.05, 0.1) is 6.10 Å². The minimum absolute atomic E-state index is 0.104. The molecule has 16 heavy (non-hydrogen) atoms. The Bertz CT molecular complexity index is 370.